The predicted octanol–water partition coefficient (Wildman–Crippen LogP) is 2.80. The molecule has 0 saturated heterocycles. The molecular weight excluding hydrogens is 418 g/mol. The van der Waals surface area contributed by atoms with E-state index in [4.69, 9.17) is 4.99 Å². The maximum Gasteiger partial charge on any atom is 0.332 e. The number of nitro groups is 1. The molecule has 0 bridgehead atoms. The van der Waals surface area contributed by atoms with Gasteiger partial charge in [0.1, 0.15) is 11.9 Å². The Kier molecular flexibility index (Phi) is 5.47. The molecule has 0 spiro atoms. The molecule has 0 amide bonds. The second kappa shape index (κ2) is 8.23. The van der Waals surface area contributed by atoms with Gasteiger partial charge in [-0.25, -0.2) is 9.79 Å². The van der Waals surface area contributed by atoms with Gasteiger partial charge in [-0.2, -0.15) is 0 Å². The Hall–Kier alpha value is -3.66. The third-order valence-corrected chi connectivity index (χ3v) is 6.04. The van der Waals surface area contributed by atoms with Crippen molar-refractivity contribution in [3.05, 3.63) is 102 Å². The average Bonchev–Trinajstić information content (AvgIpc) is 2.80. The number of hydrogen-bond acceptors (Lipinski definition) is 7. The molecule has 10 heteroatoms. The monoisotopic (exact) mass is 437 g/mol. The molecule has 0 radical (unpaired) electrons. The normalized spacial score (nSPS) is 15.0. The van der Waals surface area contributed by atoms with E-state index in [0.717, 1.165) is 10.1 Å². The first-order chi connectivity index (χ1) is 14.9. The van der Waals surface area contributed by atoms with Gasteiger partial charge in [0.05, 0.1) is 10.5 Å². The molecule has 1 atom stereocenters. The lowest BCUT2D eigenvalue weighted by Crippen LogP contribution is -2.43. The first-order valence-corrected chi connectivity index (χ1v) is 10.4. The van der Waals surface area contributed by atoms with Crippen LogP contribution < -0.4 is 16.6 Å². The summed E-state index contributed by atoms with van der Waals surface area (Å²) >= 11 is 1.45. The zero-order valence-corrected chi connectivity index (χ0v) is 17.6. The van der Waals surface area contributed by atoms with E-state index < -0.39 is 22.2 Å². The molecule has 31 heavy (non-hydrogen) atoms. The summed E-state index contributed by atoms with van der Waals surface area (Å²) in [6.07, 6.45) is 0. The number of aromatic nitrogens is 2. The highest BCUT2D eigenvalue weighted by molar-refractivity contribution is 8.13. The summed E-state index contributed by atoms with van der Waals surface area (Å²) in [5.74, 6) is 1.02. The first kappa shape index (κ1) is 20.6. The molecule has 1 N–H and O–H groups in total. The standard InChI is InChI=1S/C21H19N5O4S/c1-24-18-16(19(27)25(2)21(24)28)17(14-8-10-15(11-9-14)26(29)30)22-20(23-18)31-12-13-6-4-3-5-7-13/h3-11,17H,12H2,1-2H3,(H,22,23). The molecule has 0 saturated carbocycles. The van der Waals surface area contributed by atoms with E-state index in [9.17, 15) is 19.7 Å². The molecule has 2 heterocycles. The molecule has 4 rings (SSSR count). The number of non-ortho nitro benzene ring substituents is 1. The topological polar surface area (TPSA) is 112 Å². The maximum atomic E-state index is 13.0. The minimum atomic E-state index is -0.694. The highest BCUT2D eigenvalue weighted by atomic mass is 32.2. The smallest absolute Gasteiger partial charge is 0.320 e. The summed E-state index contributed by atoms with van der Waals surface area (Å²) in [7, 11) is 3.01. The van der Waals surface area contributed by atoms with Crippen LogP contribution in [0.4, 0.5) is 11.5 Å². The molecular formula is C21H19N5O4S. The summed E-state index contributed by atoms with van der Waals surface area (Å²) in [5.41, 5.74) is 1.10. The number of benzene rings is 2. The number of nitrogens with zero attached hydrogens (tertiary/aromatic N) is 4. The van der Waals surface area contributed by atoms with E-state index in [-0.39, 0.29) is 5.69 Å². The van der Waals surface area contributed by atoms with Crippen LogP contribution in [0.1, 0.15) is 22.7 Å². The number of nitro benzene ring substituents is 1. The Morgan fingerprint density at radius 3 is 2.39 bits per heavy atom. The van der Waals surface area contributed by atoms with Gasteiger partial charge in [-0.05, 0) is 23.3 Å². The lowest BCUT2D eigenvalue weighted by atomic mass is 9.99. The van der Waals surface area contributed by atoms with E-state index in [0.29, 0.717) is 27.9 Å². The van der Waals surface area contributed by atoms with E-state index in [1.807, 2.05) is 30.3 Å². The van der Waals surface area contributed by atoms with Crippen LogP contribution in [0.5, 0.6) is 0 Å². The summed E-state index contributed by atoms with van der Waals surface area (Å²) < 4.78 is 2.42. The van der Waals surface area contributed by atoms with Gasteiger partial charge >= 0.3 is 5.69 Å². The van der Waals surface area contributed by atoms with Crippen LogP contribution in [0.15, 0.2) is 69.2 Å². The predicted molar refractivity (Wildman–Crippen MR) is 121 cm³/mol. The Balaban J connectivity index is 1.79. The minimum absolute atomic E-state index is 0.0473. The molecule has 1 unspecified atom stereocenters. The van der Waals surface area contributed by atoms with Crippen molar-refractivity contribution in [3.63, 3.8) is 0 Å². The third kappa shape index (κ3) is 3.89. The molecule has 0 fully saturated rings. The van der Waals surface area contributed by atoms with Crippen LogP contribution >= 0.6 is 11.8 Å². The van der Waals surface area contributed by atoms with Gasteiger partial charge in [0.2, 0.25) is 0 Å². The molecule has 158 valence electrons. The minimum Gasteiger partial charge on any atom is -0.320 e. The number of rotatable bonds is 4. The number of aliphatic imine (C=N–C) groups is 1. The van der Waals surface area contributed by atoms with E-state index in [2.05, 4.69) is 5.32 Å². The van der Waals surface area contributed by atoms with Crippen molar-refractivity contribution < 1.29 is 4.92 Å². The highest BCUT2D eigenvalue weighted by Gasteiger charge is 2.30. The van der Waals surface area contributed by atoms with E-state index in [1.165, 1.54) is 35.5 Å². The van der Waals surface area contributed by atoms with Gasteiger partial charge < -0.3 is 5.32 Å². The molecule has 9 nitrogen and oxygen atoms in total. The van der Waals surface area contributed by atoms with E-state index in [1.54, 1.807) is 19.2 Å². The number of hydrogen-bond donors (Lipinski definition) is 1. The molecule has 1 aliphatic heterocycles. The Morgan fingerprint density at radius 1 is 1.06 bits per heavy atom. The number of fused-ring (bicyclic) bond motifs is 1. The Bertz CT molecular complexity index is 1300. The highest BCUT2D eigenvalue weighted by Crippen LogP contribution is 2.34. The lowest BCUT2D eigenvalue weighted by Gasteiger charge is -2.26. The van der Waals surface area contributed by atoms with Crippen molar-refractivity contribution in [2.75, 3.05) is 5.32 Å². The molecule has 0 aliphatic carbocycles. The molecule has 1 aromatic heterocycles. The largest absolute Gasteiger partial charge is 0.332 e. The Morgan fingerprint density at radius 2 is 1.74 bits per heavy atom. The molecule has 1 aliphatic rings. The fourth-order valence-corrected chi connectivity index (χ4v) is 4.25. The fourth-order valence-electron chi connectivity index (χ4n) is 3.40. The quantitative estimate of drug-likeness (QED) is 0.496. The lowest BCUT2D eigenvalue weighted by molar-refractivity contribution is -0.384. The third-order valence-electron chi connectivity index (χ3n) is 5.08. The van der Waals surface area contributed by atoms with Gasteiger partial charge in [0.25, 0.3) is 11.2 Å². The molecule has 2 aromatic carbocycles. The second-order valence-electron chi connectivity index (χ2n) is 7.05. The summed E-state index contributed by atoms with van der Waals surface area (Å²) in [6, 6.07) is 15.1. The number of nitrogens with one attached hydrogen (secondary N) is 1. The van der Waals surface area contributed by atoms with Crippen molar-refractivity contribution in [3.8, 4) is 0 Å². The van der Waals surface area contributed by atoms with Gasteiger partial charge in [0.15, 0.2) is 5.17 Å². The van der Waals surface area contributed by atoms with Crippen molar-refractivity contribution in [2.45, 2.75) is 11.8 Å². The molecule has 3 aromatic rings. The average molecular weight is 437 g/mol. The van der Waals surface area contributed by atoms with Crippen LogP contribution in [0.2, 0.25) is 0 Å². The number of amidine groups is 1. The maximum absolute atomic E-state index is 13.0. The number of anilines is 1. The first-order valence-electron chi connectivity index (χ1n) is 9.42. The van der Waals surface area contributed by atoms with Crippen LogP contribution in [0, 0.1) is 10.1 Å². The fraction of sp³-hybridized carbons (Fsp3) is 0.190. The second-order valence-corrected chi connectivity index (χ2v) is 8.02. The summed E-state index contributed by atoms with van der Waals surface area (Å²) in [5, 5.41) is 14.7. The SMILES string of the molecule is Cn1c2c(c(=O)n(C)c1=O)C(c1ccc([N+](=O)[O-])cc1)N=C(SCc1ccccc1)N2. The van der Waals surface area contributed by atoms with Crippen LogP contribution in [-0.2, 0) is 19.8 Å². The Labute approximate surface area is 181 Å². The van der Waals surface area contributed by atoms with E-state index >= 15 is 0 Å². The van der Waals surface area contributed by atoms with Crippen molar-refractivity contribution in [1.82, 2.24) is 9.13 Å². The van der Waals surface area contributed by atoms with Crippen molar-refractivity contribution in [1.29, 1.82) is 0 Å². The van der Waals surface area contributed by atoms with Crippen LogP contribution in [0.3, 0.4) is 0 Å². The van der Waals surface area contributed by atoms with Crippen molar-refractivity contribution in [2.24, 2.45) is 19.1 Å². The van der Waals surface area contributed by atoms with Crippen molar-refractivity contribution >= 4 is 28.4 Å². The zero-order chi connectivity index (χ0) is 22.1. The zero-order valence-electron chi connectivity index (χ0n) is 16.8. The summed E-state index contributed by atoms with van der Waals surface area (Å²) in [6.45, 7) is 0. The summed E-state index contributed by atoms with van der Waals surface area (Å²) in [4.78, 5) is 40.7. The van der Waals surface area contributed by atoms with Gasteiger partial charge in [-0.15, -0.1) is 0 Å². The van der Waals surface area contributed by atoms with Gasteiger partial charge in [0, 0.05) is 32.0 Å². The van der Waals surface area contributed by atoms with Crippen LogP contribution in [0.25, 0.3) is 0 Å². The van der Waals surface area contributed by atoms with Gasteiger partial charge in [-0.3, -0.25) is 24.0 Å². The number of thioether (sulfide) groups is 1. The van der Waals surface area contributed by atoms with Gasteiger partial charge in [-0.1, -0.05) is 42.1 Å². The van der Waals surface area contributed by atoms with Crippen LogP contribution in [-0.4, -0.2) is 19.2 Å².